The number of aryl methyl sites for hydroxylation is 1. The van der Waals surface area contributed by atoms with Crippen molar-refractivity contribution in [3.05, 3.63) is 169 Å². The van der Waals surface area contributed by atoms with E-state index >= 15 is 0 Å². The highest BCUT2D eigenvalue weighted by atomic mass is 15.0. The van der Waals surface area contributed by atoms with Gasteiger partial charge >= 0.3 is 0 Å². The summed E-state index contributed by atoms with van der Waals surface area (Å²) in [5.74, 6) is 0. The Morgan fingerprint density at radius 3 is 1.62 bits per heavy atom. The van der Waals surface area contributed by atoms with Crippen molar-refractivity contribution in [1.29, 1.82) is 0 Å². The summed E-state index contributed by atoms with van der Waals surface area (Å²) in [5.41, 5.74) is 16.5. The molecular weight excluding hydrogens is 641 g/mol. The van der Waals surface area contributed by atoms with Crippen molar-refractivity contribution in [1.82, 2.24) is 9.13 Å². The number of hydrogen-bond acceptors (Lipinski definition) is 0. The van der Waals surface area contributed by atoms with Gasteiger partial charge in [0.1, 0.15) is 0 Å². The van der Waals surface area contributed by atoms with Crippen LogP contribution in [0.25, 0.3) is 99.1 Å². The molecule has 2 heterocycles. The number of unbranched alkanes of at least 4 members (excludes halogenated alkanes) is 2. The van der Waals surface area contributed by atoms with E-state index in [0.29, 0.717) is 0 Å². The van der Waals surface area contributed by atoms with Crippen molar-refractivity contribution < 1.29 is 0 Å². The normalized spacial score (nSPS) is 12.2. The van der Waals surface area contributed by atoms with Crippen LogP contribution in [0.15, 0.2) is 164 Å². The Morgan fingerprint density at radius 2 is 0.943 bits per heavy atom. The predicted molar refractivity (Wildman–Crippen MR) is 226 cm³/mol. The fourth-order valence-corrected chi connectivity index (χ4v) is 9.22. The zero-order chi connectivity index (χ0) is 35.0. The Kier molecular flexibility index (Phi) is 6.76. The van der Waals surface area contributed by atoms with Crippen LogP contribution in [-0.2, 0) is 6.42 Å². The van der Waals surface area contributed by atoms with Crippen LogP contribution in [0, 0.1) is 0 Å². The second-order valence-corrected chi connectivity index (χ2v) is 14.7. The van der Waals surface area contributed by atoms with E-state index in [4.69, 9.17) is 0 Å². The minimum absolute atomic E-state index is 1.15. The van der Waals surface area contributed by atoms with Crippen molar-refractivity contribution in [3.8, 4) is 44.8 Å². The molecule has 0 atom stereocenters. The van der Waals surface area contributed by atoms with Crippen LogP contribution >= 0.6 is 0 Å². The van der Waals surface area contributed by atoms with Crippen LogP contribution in [0.3, 0.4) is 0 Å². The number of hydrogen-bond donors (Lipinski definition) is 0. The van der Waals surface area contributed by atoms with E-state index in [0.717, 1.165) is 6.42 Å². The minimum atomic E-state index is 1.15. The molecule has 2 heteroatoms. The monoisotopic (exact) mass is 678 g/mol. The lowest BCUT2D eigenvalue weighted by Crippen LogP contribution is -1.96. The van der Waals surface area contributed by atoms with Gasteiger partial charge in [0.15, 0.2) is 0 Å². The zero-order valence-corrected chi connectivity index (χ0v) is 29.8. The number of aromatic nitrogens is 2. The van der Waals surface area contributed by atoms with E-state index in [1.54, 1.807) is 0 Å². The van der Waals surface area contributed by atoms with Crippen LogP contribution in [0.1, 0.15) is 31.7 Å². The number of benzene rings is 8. The van der Waals surface area contributed by atoms with Crippen LogP contribution in [0.4, 0.5) is 0 Å². The highest BCUT2D eigenvalue weighted by molar-refractivity contribution is 6.19. The van der Waals surface area contributed by atoms with Crippen LogP contribution < -0.4 is 0 Å². The molecule has 0 saturated heterocycles. The maximum absolute atomic E-state index is 2.48. The molecule has 10 aromatic rings. The van der Waals surface area contributed by atoms with E-state index < -0.39 is 0 Å². The highest BCUT2D eigenvalue weighted by Gasteiger charge is 2.24. The Hall–Kier alpha value is -6.38. The van der Waals surface area contributed by atoms with E-state index in [2.05, 4.69) is 180 Å². The molecule has 1 aliphatic rings. The fourth-order valence-electron chi connectivity index (χ4n) is 9.22. The van der Waals surface area contributed by atoms with E-state index in [9.17, 15) is 0 Å². The number of rotatable bonds is 7. The van der Waals surface area contributed by atoms with Gasteiger partial charge in [-0.25, -0.2) is 0 Å². The molecule has 252 valence electrons. The smallest absolute Gasteiger partial charge is 0.0541 e. The zero-order valence-electron chi connectivity index (χ0n) is 29.8. The van der Waals surface area contributed by atoms with E-state index in [-0.39, 0.29) is 0 Å². The molecule has 11 rings (SSSR count). The summed E-state index contributed by atoms with van der Waals surface area (Å²) in [6.07, 6.45) is 4.93. The van der Waals surface area contributed by atoms with Gasteiger partial charge in [0, 0.05) is 32.6 Å². The SMILES string of the molecule is CCCCCc1ccc(-n2c3ccccc3c3cc(-c4ccc5c(c4)c4ccccc4n5-c4ccc5c6c(cccc46)-c4ccccc4-5)ccc32)cc1. The summed E-state index contributed by atoms with van der Waals surface area (Å²) in [6, 6.07) is 61.3. The molecule has 0 bridgehead atoms. The molecule has 0 radical (unpaired) electrons. The molecule has 0 saturated carbocycles. The lowest BCUT2D eigenvalue weighted by molar-refractivity contribution is 0.717. The summed E-state index contributed by atoms with van der Waals surface area (Å²) in [6.45, 7) is 2.27. The molecule has 0 fully saturated rings. The molecule has 2 nitrogen and oxygen atoms in total. The van der Waals surface area contributed by atoms with E-state index in [1.807, 2.05) is 0 Å². The van der Waals surface area contributed by atoms with Gasteiger partial charge in [0.25, 0.3) is 0 Å². The summed E-state index contributed by atoms with van der Waals surface area (Å²) < 4.78 is 4.91. The molecule has 53 heavy (non-hydrogen) atoms. The third-order valence-corrected chi connectivity index (χ3v) is 11.7. The maximum atomic E-state index is 2.48. The van der Waals surface area contributed by atoms with E-state index in [1.165, 1.54) is 124 Å². The van der Waals surface area contributed by atoms with Crippen molar-refractivity contribution in [3.63, 3.8) is 0 Å². The molecule has 0 aliphatic heterocycles. The first-order chi connectivity index (χ1) is 26.3. The molecule has 0 N–H and O–H groups in total. The summed E-state index contributed by atoms with van der Waals surface area (Å²) >= 11 is 0. The quantitative estimate of drug-likeness (QED) is 0.149. The Balaban J connectivity index is 1.05. The molecule has 0 amide bonds. The van der Waals surface area contributed by atoms with Crippen molar-refractivity contribution in [2.24, 2.45) is 0 Å². The topological polar surface area (TPSA) is 9.86 Å². The second kappa shape index (κ2) is 11.8. The first-order valence-electron chi connectivity index (χ1n) is 19.1. The minimum Gasteiger partial charge on any atom is -0.309 e. The lowest BCUT2D eigenvalue weighted by Gasteiger charge is -2.13. The average molecular weight is 679 g/mol. The van der Waals surface area contributed by atoms with Gasteiger partial charge in [0.05, 0.1) is 27.8 Å². The van der Waals surface area contributed by atoms with Crippen LogP contribution in [0.2, 0.25) is 0 Å². The Labute approximate surface area is 309 Å². The second-order valence-electron chi connectivity index (χ2n) is 14.7. The largest absolute Gasteiger partial charge is 0.309 e. The fraction of sp³-hybridized carbons (Fsp3) is 0.0980. The van der Waals surface area contributed by atoms with Gasteiger partial charge in [-0.1, -0.05) is 129 Å². The first-order valence-corrected chi connectivity index (χ1v) is 19.1. The van der Waals surface area contributed by atoms with Crippen LogP contribution in [0.5, 0.6) is 0 Å². The first kappa shape index (κ1) is 30.3. The molecule has 1 aliphatic carbocycles. The summed E-state index contributed by atoms with van der Waals surface area (Å²) in [5, 5.41) is 7.74. The van der Waals surface area contributed by atoms with Gasteiger partial charge < -0.3 is 9.13 Å². The van der Waals surface area contributed by atoms with Gasteiger partial charge in [-0.2, -0.15) is 0 Å². The predicted octanol–water partition coefficient (Wildman–Crippen LogP) is 14.1. The summed E-state index contributed by atoms with van der Waals surface area (Å²) in [4.78, 5) is 0. The van der Waals surface area contributed by atoms with Gasteiger partial charge in [0.2, 0.25) is 0 Å². The molecule has 0 spiro atoms. The van der Waals surface area contributed by atoms with Crippen molar-refractivity contribution in [2.45, 2.75) is 32.6 Å². The van der Waals surface area contributed by atoms with Gasteiger partial charge in [-0.05, 0) is 112 Å². The summed E-state index contributed by atoms with van der Waals surface area (Å²) in [7, 11) is 0. The van der Waals surface area contributed by atoms with Gasteiger partial charge in [-0.3, -0.25) is 0 Å². The van der Waals surface area contributed by atoms with Gasteiger partial charge in [-0.15, -0.1) is 0 Å². The number of para-hydroxylation sites is 2. The molecular formula is C51H38N2. The standard InChI is InChI=1S/C51H38N2/c1-2-3-4-12-33-21-25-36(26-22-33)52-46-19-9-7-15-39(46)44-31-34(23-28-49(44)52)35-24-29-50-45(32-35)40-16-8-10-20-47(40)53(50)48-30-27-42-38-14-6-5-13-37(38)41-17-11-18-43(48)51(41)42/h5-11,13-32H,2-4,12H2,1H3. The Morgan fingerprint density at radius 1 is 0.396 bits per heavy atom. The molecule has 8 aromatic carbocycles. The van der Waals surface area contributed by atoms with Crippen molar-refractivity contribution in [2.75, 3.05) is 0 Å². The average Bonchev–Trinajstić information content (AvgIpc) is 3.85. The number of fused-ring (bicyclic) bond motifs is 9. The molecule has 2 aromatic heterocycles. The number of nitrogens with zero attached hydrogens (tertiary/aromatic N) is 2. The maximum Gasteiger partial charge on any atom is 0.0541 e. The van der Waals surface area contributed by atoms with Crippen molar-refractivity contribution >= 4 is 54.4 Å². The third-order valence-electron chi connectivity index (χ3n) is 11.7. The Bertz CT molecular complexity index is 3030. The van der Waals surface area contributed by atoms with Crippen LogP contribution in [-0.4, -0.2) is 9.13 Å². The highest BCUT2D eigenvalue weighted by Crippen LogP contribution is 2.49. The molecule has 0 unspecified atom stereocenters. The lowest BCUT2D eigenvalue weighted by atomic mass is 10.0. The third kappa shape index (κ3) is 4.52.